The molecule has 5 aromatic rings. The summed E-state index contributed by atoms with van der Waals surface area (Å²) in [5.41, 5.74) is 3.25. The van der Waals surface area contributed by atoms with Crippen molar-refractivity contribution >= 4 is 33.5 Å². The fourth-order valence-electron chi connectivity index (χ4n) is 3.81. The molecule has 0 bridgehead atoms. The summed E-state index contributed by atoms with van der Waals surface area (Å²) < 4.78 is 25.0. The van der Waals surface area contributed by atoms with E-state index in [1.165, 1.54) is 17.5 Å². The highest BCUT2D eigenvalue weighted by molar-refractivity contribution is 5.90. The predicted molar refractivity (Wildman–Crippen MR) is 131 cm³/mol. The van der Waals surface area contributed by atoms with Crippen molar-refractivity contribution in [3.63, 3.8) is 0 Å². The molecule has 34 heavy (non-hydrogen) atoms. The molecule has 166 valence electrons. The van der Waals surface area contributed by atoms with Gasteiger partial charge in [-0.15, -0.1) is 0 Å². The fourth-order valence-corrected chi connectivity index (χ4v) is 3.81. The Kier molecular flexibility index (Phi) is 5.67. The van der Waals surface area contributed by atoms with Gasteiger partial charge in [-0.25, -0.2) is 9.37 Å². The zero-order valence-electron chi connectivity index (χ0n) is 18.4. The molecule has 1 N–H and O–H groups in total. The molecular formula is C28H20FN3O2. The van der Waals surface area contributed by atoms with Gasteiger partial charge in [0.05, 0.1) is 23.7 Å². The normalized spacial score (nSPS) is 11.5. The van der Waals surface area contributed by atoms with Gasteiger partial charge < -0.3 is 14.5 Å². The van der Waals surface area contributed by atoms with Crippen molar-refractivity contribution < 1.29 is 13.9 Å². The Bertz CT molecular complexity index is 1580. The average Bonchev–Trinajstić information content (AvgIpc) is 3.29. The second-order valence-corrected chi connectivity index (χ2v) is 7.80. The Labute approximate surface area is 195 Å². The summed E-state index contributed by atoms with van der Waals surface area (Å²) in [5.74, 6) is 1.16. The van der Waals surface area contributed by atoms with Gasteiger partial charge in [-0.05, 0) is 64.4 Å². The maximum Gasteiger partial charge on any atom is 0.161 e. The second kappa shape index (κ2) is 9.08. The van der Waals surface area contributed by atoms with Crippen molar-refractivity contribution in [3.05, 3.63) is 102 Å². The van der Waals surface area contributed by atoms with Crippen molar-refractivity contribution in [2.24, 2.45) is 0 Å². The first-order valence-electron chi connectivity index (χ1n) is 10.7. The molecule has 0 aliphatic heterocycles. The molecular weight excluding hydrogens is 429 g/mol. The van der Waals surface area contributed by atoms with Gasteiger partial charge in [0.25, 0.3) is 0 Å². The highest BCUT2D eigenvalue weighted by Crippen LogP contribution is 2.31. The molecule has 0 aliphatic carbocycles. The van der Waals surface area contributed by atoms with Crippen LogP contribution in [0.4, 0.5) is 4.39 Å². The van der Waals surface area contributed by atoms with Crippen molar-refractivity contribution in [2.75, 3.05) is 7.11 Å². The number of nitrogens with one attached hydrogen (secondary N) is 1. The fraction of sp³-hybridized carbons (Fsp3) is 0.0714. The van der Waals surface area contributed by atoms with Gasteiger partial charge in [0.15, 0.2) is 11.5 Å². The number of imidazole rings is 1. The van der Waals surface area contributed by atoms with Gasteiger partial charge in [0, 0.05) is 0 Å². The third kappa shape index (κ3) is 4.32. The van der Waals surface area contributed by atoms with E-state index in [0.29, 0.717) is 40.5 Å². The molecule has 0 saturated carbocycles. The SMILES string of the molecule is COc1cc(/C=C(/C#N)c2nc3ccc(F)cc3[nH]2)ccc1OCc1ccc2ccccc2c1. The number of hydrogen-bond acceptors (Lipinski definition) is 4. The average molecular weight is 449 g/mol. The van der Waals surface area contributed by atoms with Gasteiger partial charge in [0.2, 0.25) is 0 Å². The van der Waals surface area contributed by atoms with Gasteiger partial charge >= 0.3 is 0 Å². The molecule has 6 heteroatoms. The van der Waals surface area contributed by atoms with Crippen molar-refractivity contribution in [3.8, 4) is 17.6 Å². The molecule has 0 unspecified atom stereocenters. The van der Waals surface area contributed by atoms with E-state index < -0.39 is 0 Å². The highest BCUT2D eigenvalue weighted by Gasteiger charge is 2.11. The van der Waals surface area contributed by atoms with Gasteiger partial charge in [0.1, 0.15) is 24.3 Å². The summed E-state index contributed by atoms with van der Waals surface area (Å²) in [7, 11) is 1.57. The number of rotatable bonds is 6. The molecule has 0 spiro atoms. The lowest BCUT2D eigenvalue weighted by Gasteiger charge is -2.12. The number of nitrogens with zero attached hydrogens (tertiary/aromatic N) is 2. The summed E-state index contributed by atoms with van der Waals surface area (Å²) >= 11 is 0. The first-order valence-corrected chi connectivity index (χ1v) is 10.7. The number of H-pyrrole nitrogens is 1. The van der Waals surface area contributed by atoms with Crippen molar-refractivity contribution in [2.45, 2.75) is 6.61 Å². The lowest BCUT2D eigenvalue weighted by atomic mass is 10.1. The summed E-state index contributed by atoms with van der Waals surface area (Å²) in [6, 6.07) is 26.3. The Morgan fingerprint density at radius 3 is 2.68 bits per heavy atom. The van der Waals surface area contributed by atoms with Crippen LogP contribution in [0.2, 0.25) is 0 Å². The van der Waals surface area contributed by atoms with Crippen LogP contribution in [0.5, 0.6) is 11.5 Å². The quantitative estimate of drug-likeness (QED) is 0.300. The smallest absolute Gasteiger partial charge is 0.161 e. The number of methoxy groups -OCH3 is 1. The van der Waals surface area contributed by atoms with E-state index in [0.717, 1.165) is 16.5 Å². The molecule has 0 saturated heterocycles. The standard InChI is InChI=1S/C28H20FN3O2/c1-33-27-14-18(12-22(16-30)28-31-24-10-9-23(29)15-25(24)32-28)7-11-26(27)34-17-19-6-8-20-4-2-3-5-21(20)13-19/h2-15H,17H2,1H3,(H,31,32)/b22-12-. The zero-order chi connectivity index (χ0) is 23.5. The Morgan fingerprint density at radius 2 is 1.85 bits per heavy atom. The van der Waals surface area contributed by atoms with Gasteiger partial charge in [-0.1, -0.05) is 42.5 Å². The van der Waals surface area contributed by atoms with Crippen LogP contribution in [-0.4, -0.2) is 17.1 Å². The number of allylic oxidation sites excluding steroid dienone is 1. The van der Waals surface area contributed by atoms with Gasteiger partial charge in [-0.3, -0.25) is 0 Å². The molecule has 1 aromatic heterocycles. The number of aromatic amines is 1. The molecule has 5 rings (SSSR count). The molecule has 0 amide bonds. The molecule has 4 aromatic carbocycles. The predicted octanol–water partition coefficient (Wildman–Crippen LogP) is 6.51. The van der Waals surface area contributed by atoms with Crippen LogP contribution < -0.4 is 9.47 Å². The monoisotopic (exact) mass is 449 g/mol. The van der Waals surface area contributed by atoms with Crippen LogP contribution in [-0.2, 0) is 6.61 Å². The van der Waals surface area contributed by atoms with E-state index in [1.54, 1.807) is 25.3 Å². The summed E-state index contributed by atoms with van der Waals surface area (Å²) in [4.78, 5) is 7.40. The van der Waals surface area contributed by atoms with E-state index in [1.807, 2.05) is 30.3 Å². The van der Waals surface area contributed by atoms with E-state index in [2.05, 4.69) is 40.3 Å². The van der Waals surface area contributed by atoms with Gasteiger partial charge in [-0.2, -0.15) is 5.26 Å². The summed E-state index contributed by atoms with van der Waals surface area (Å²) in [6.07, 6.45) is 1.70. The van der Waals surface area contributed by atoms with E-state index in [9.17, 15) is 9.65 Å². The van der Waals surface area contributed by atoms with E-state index in [4.69, 9.17) is 9.47 Å². The van der Waals surface area contributed by atoms with Crippen LogP contribution in [0.15, 0.2) is 78.9 Å². The number of fused-ring (bicyclic) bond motifs is 2. The van der Waals surface area contributed by atoms with Crippen molar-refractivity contribution in [1.29, 1.82) is 5.26 Å². The van der Waals surface area contributed by atoms with E-state index in [-0.39, 0.29) is 5.82 Å². The zero-order valence-corrected chi connectivity index (χ0v) is 18.4. The van der Waals surface area contributed by atoms with Crippen LogP contribution in [0.1, 0.15) is 17.0 Å². The number of halogens is 1. The number of aromatic nitrogens is 2. The van der Waals surface area contributed by atoms with Crippen LogP contribution in [0.25, 0.3) is 33.5 Å². The number of hydrogen-bond donors (Lipinski definition) is 1. The topological polar surface area (TPSA) is 70.9 Å². The molecule has 1 heterocycles. The van der Waals surface area contributed by atoms with Crippen LogP contribution >= 0.6 is 0 Å². The minimum atomic E-state index is -0.366. The van der Waals surface area contributed by atoms with Crippen LogP contribution in [0.3, 0.4) is 0 Å². The third-order valence-electron chi connectivity index (χ3n) is 5.53. The molecule has 0 aliphatic rings. The minimum absolute atomic E-state index is 0.323. The molecule has 0 atom stereocenters. The lowest BCUT2D eigenvalue weighted by molar-refractivity contribution is 0.284. The van der Waals surface area contributed by atoms with E-state index >= 15 is 0 Å². The minimum Gasteiger partial charge on any atom is -0.493 e. The third-order valence-corrected chi connectivity index (χ3v) is 5.53. The maximum atomic E-state index is 13.5. The summed E-state index contributed by atoms with van der Waals surface area (Å²) in [6.45, 7) is 0.398. The number of benzene rings is 4. The summed E-state index contributed by atoms with van der Waals surface area (Å²) in [5, 5.41) is 12.0. The number of nitriles is 1. The lowest BCUT2D eigenvalue weighted by Crippen LogP contribution is -1.98. The highest BCUT2D eigenvalue weighted by atomic mass is 19.1. The number of ether oxygens (including phenoxy) is 2. The Hall–Kier alpha value is -4.63. The Morgan fingerprint density at radius 1 is 1.00 bits per heavy atom. The first-order chi connectivity index (χ1) is 16.6. The molecule has 0 fully saturated rings. The Balaban J connectivity index is 1.38. The maximum absolute atomic E-state index is 13.5. The van der Waals surface area contributed by atoms with Crippen LogP contribution in [0, 0.1) is 17.1 Å². The first kappa shape index (κ1) is 21.2. The second-order valence-electron chi connectivity index (χ2n) is 7.80. The molecule has 5 nitrogen and oxygen atoms in total. The van der Waals surface area contributed by atoms with Crippen molar-refractivity contribution in [1.82, 2.24) is 9.97 Å². The largest absolute Gasteiger partial charge is 0.493 e. The molecule has 0 radical (unpaired) electrons.